The molecule has 0 aliphatic carbocycles. The third kappa shape index (κ3) is 0.857. The number of hydrogen-bond acceptors (Lipinski definition) is 1. The zero-order chi connectivity index (χ0) is 9.76. The minimum atomic E-state index is 0.0656. The molecule has 14 heavy (non-hydrogen) atoms. The molecule has 0 unspecified atom stereocenters. The summed E-state index contributed by atoms with van der Waals surface area (Å²) in [7, 11) is 0. The van der Waals surface area contributed by atoms with E-state index < -0.39 is 0 Å². The first kappa shape index (κ1) is 7.92. The van der Waals surface area contributed by atoms with Crippen LogP contribution in [-0.4, -0.2) is 11.2 Å². The largest absolute Gasteiger partial charge is 0.489 e. The van der Waals surface area contributed by atoms with E-state index in [1.165, 1.54) is 10.9 Å². The van der Waals surface area contributed by atoms with Gasteiger partial charge in [0.25, 0.3) is 0 Å². The van der Waals surface area contributed by atoms with Crippen molar-refractivity contribution in [1.29, 1.82) is 0 Å². The Morgan fingerprint density at radius 2 is 2.14 bits per heavy atom. The maximum atomic E-state index is 5.75. The average Bonchev–Trinajstić information content (AvgIpc) is 2.58. The van der Waals surface area contributed by atoms with Gasteiger partial charge in [0, 0.05) is 11.6 Å². The van der Waals surface area contributed by atoms with Gasteiger partial charge in [-0.05, 0) is 26.0 Å². The topological polar surface area (TPSA) is 14.2 Å². The van der Waals surface area contributed by atoms with Crippen LogP contribution in [-0.2, 0) is 5.54 Å². The van der Waals surface area contributed by atoms with Gasteiger partial charge in [-0.2, -0.15) is 0 Å². The quantitative estimate of drug-likeness (QED) is 0.618. The van der Waals surface area contributed by atoms with E-state index in [9.17, 15) is 0 Å². The van der Waals surface area contributed by atoms with Crippen molar-refractivity contribution in [3.8, 4) is 5.75 Å². The summed E-state index contributed by atoms with van der Waals surface area (Å²) in [5, 5.41) is 1.26. The molecular formula is C12H13NO. The van der Waals surface area contributed by atoms with E-state index in [1.54, 1.807) is 0 Å². The van der Waals surface area contributed by atoms with Crippen molar-refractivity contribution in [2.24, 2.45) is 0 Å². The highest BCUT2D eigenvalue weighted by Crippen LogP contribution is 2.35. The first-order valence-corrected chi connectivity index (χ1v) is 4.92. The second-order valence-electron chi connectivity index (χ2n) is 4.48. The summed E-state index contributed by atoms with van der Waals surface area (Å²) >= 11 is 0. The van der Waals surface area contributed by atoms with Crippen molar-refractivity contribution >= 4 is 10.9 Å². The fourth-order valence-corrected chi connectivity index (χ4v) is 2.11. The summed E-state index contributed by atoms with van der Waals surface area (Å²) in [4.78, 5) is 0. The molecule has 0 saturated carbocycles. The number of hydrogen-bond donors (Lipinski definition) is 0. The lowest BCUT2D eigenvalue weighted by Crippen LogP contribution is -2.35. The molecule has 0 radical (unpaired) electrons. The fraction of sp³-hybridized carbons (Fsp3) is 0.333. The second kappa shape index (κ2) is 2.32. The Hall–Kier alpha value is -1.44. The van der Waals surface area contributed by atoms with Gasteiger partial charge in [0.1, 0.15) is 12.4 Å². The predicted molar refractivity (Wildman–Crippen MR) is 56.8 cm³/mol. The Labute approximate surface area is 83.1 Å². The van der Waals surface area contributed by atoms with E-state index in [1.807, 2.05) is 12.1 Å². The van der Waals surface area contributed by atoms with Crippen molar-refractivity contribution in [2.75, 3.05) is 6.61 Å². The third-order valence-corrected chi connectivity index (χ3v) is 2.91. The Bertz CT molecular complexity index is 496. The molecule has 0 saturated heterocycles. The number of ether oxygens (including phenoxy) is 1. The number of para-hydroxylation sites is 1. The van der Waals surface area contributed by atoms with E-state index in [2.05, 4.69) is 36.7 Å². The number of benzene rings is 1. The first-order chi connectivity index (χ1) is 6.68. The minimum Gasteiger partial charge on any atom is -0.489 e. The zero-order valence-electron chi connectivity index (χ0n) is 8.45. The van der Waals surface area contributed by atoms with Crippen LogP contribution in [0, 0.1) is 0 Å². The fourth-order valence-electron chi connectivity index (χ4n) is 2.11. The van der Waals surface area contributed by atoms with Crippen LogP contribution in [0.3, 0.4) is 0 Å². The highest BCUT2D eigenvalue weighted by molar-refractivity contribution is 5.86. The molecule has 3 rings (SSSR count). The second-order valence-corrected chi connectivity index (χ2v) is 4.48. The van der Waals surface area contributed by atoms with Gasteiger partial charge < -0.3 is 9.30 Å². The SMILES string of the molecule is CC1(C)COc2cccc3ccn1c23. The molecule has 2 heteroatoms. The van der Waals surface area contributed by atoms with Crippen LogP contribution in [0.15, 0.2) is 30.5 Å². The standard InChI is InChI=1S/C12H13NO/c1-12(2)8-14-10-5-3-4-9-6-7-13(12)11(9)10/h3-7H,8H2,1-2H3. The highest BCUT2D eigenvalue weighted by Gasteiger charge is 2.28. The highest BCUT2D eigenvalue weighted by atomic mass is 16.5. The van der Waals surface area contributed by atoms with Crippen molar-refractivity contribution in [2.45, 2.75) is 19.4 Å². The monoisotopic (exact) mass is 187 g/mol. The molecule has 2 heterocycles. The van der Waals surface area contributed by atoms with Crippen molar-refractivity contribution in [3.05, 3.63) is 30.5 Å². The van der Waals surface area contributed by atoms with Gasteiger partial charge in [-0.3, -0.25) is 0 Å². The molecule has 1 aliphatic rings. The summed E-state index contributed by atoms with van der Waals surface area (Å²) in [6.07, 6.45) is 2.15. The molecule has 2 nitrogen and oxygen atoms in total. The van der Waals surface area contributed by atoms with Crippen LogP contribution in [0.4, 0.5) is 0 Å². The summed E-state index contributed by atoms with van der Waals surface area (Å²) in [6.45, 7) is 5.14. The maximum absolute atomic E-state index is 5.75. The molecule has 0 fully saturated rings. The number of aromatic nitrogens is 1. The summed E-state index contributed by atoms with van der Waals surface area (Å²) in [5.74, 6) is 1.01. The van der Waals surface area contributed by atoms with E-state index in [4.69, 9.17) is 4.74 Å². The lowest BCUT2D eigenvalue weighted by Gasteiger charge is -2.32. The summed E-state index contributed by atoms with van der Waals surface area (Å²) < 4.78 is 8.06. The molecule has 1 aromatic heterocycles. The molecule has 0 spiro atoms. The number of rotatable bonds is 0. The van der Waals surface area contributed by atoms with Gasteiger partial charge in [0.2, 0.25) is 0 Å². The van der Waals surface area contributed by atoms with Gasteiger partial charge in [-0.1, -0.05) is 12.1 Å². The van der Waals surface area contributed by atoms with Gasteiger partial charge in [0.05, 0.1) is 11.1 Å². The molecule has 0 atom stereocenters. The van der Waals surface area contributed by atoms with Crippen LogP contribution in [0.1, 0.15) is 13.8 Å². The van der Waals surface area contributed by atoms with Crippen molar-refractivity contribution in [3.63, 3.8) is 0 Å². The van der Waals surface area contributed by atoms with E-state index in [0.717, 1.165) is 12.4 Å². The van der Waals surface area contributed by atoms with E-state index >= 15 is 0 Å². The summed E-state index contributed by atoms with van der Waals surface area (Å²) in [5.41, 5.74) is 1.29. The molecular weight excluding hydrogens is 174 g/mol. The van der Waals surface area contributed by atoms with Crippen molar-refractivity contribution in [1.82, 2.24) is 4.57 Å². The first-order valence-electron chi connectivity index (χ1n) is 4.92. The predicted octanol–water partition coefficient (Wildman–Crippen LogP) is 2.77. The minimum absolute atomic E-state index is 0.0656. The Morgan fingerprint density at radius 1 is 1.29 bits per heavy atom. The molecule has 2 aromatic rings. The molecule has 0 N–H and O–H groups in total. The van der Waals surface area contributed by atoms with Crippen LogP contribution in [0.2, 0.25) is 0 Å². The molecule has 0 bridgehead atoms. The van der Waals surface area contributed by atoms with Gasteiger partial charge in [-0.15, -0.1) is 0 Å². The normalized spacial score (nSPS) is 18.1. The Kier molecular flexibility index (Phi) is 1.31. The Morgan fingerprint density at radius 3 is 3.00 bits per heavy atom. The molecule has 72 valence electrons. The van der Waals surface area contributed by atoms with Crippen LogP contribution in [0.5, 0.6) is 5.75 Å². The third-order valence-electron chi connectivity index (χ3n) is 2.91. The van der Waals surface area contributed by atoms with Crippen LogP contribution >= 0.6 is 0 Å². The Balaban J connectivity index is 2.44. The smallest absolute Gasteiger partial charge is 0.143 e. The van der Waals surface area contributed by atoms with Crippen LogP contribution in [0.25, 0.3) is 10.9 Å². The van der Waals surface area contributed by atoms with Crippen molar-refractivity contribution < 1.29 is 4.74 Å². The average molecular weight is 187 g/mol. The zero-order valence-corrected chi connectivity index (χ0v) is 8.45. The number of nitrogens with zero attached hydrogens (tertiary/aromatic N) is 1. The maximum Gasteiger partial charge on any atom is 0.143 e. The molecule has 0 amide bonds. The summed E-state index contributed by atoms with van der Waals surface area (Å²) in [6, 6.07) is 8.35. The molecule has 1 aromatic carbocycles. The van der Waals surface area contributed by atoms with Gasteiger partial charge in [-0.25, -0.2) is 0 Å². The van der Waals surface area contributed by atoms with Gasteiger partial charge >= 0.3 is 0 Å². The molecule has 1 aliphatic heterocycles. The lowest BCUT2D eigenvalue weighted by atomic mass is 10.0. The van der Waals surface area contributed by atoms with E-state index in [0.29, 0.717) is 0 Å². The van der Waals surface area contributed by atoms with Gasteiger partial charge in [0.15, 0.2) is 0 Å². The van der Waals surface area contributed by atoms with Crippen LogP contribution < -0.4 is 4.74 Å². The van der Waals surface area contributed by atoms with E-state index in [-0.39, 0.29) is 5.54 Å². The lowest BCUT2D eigenvalue weighted by molar-refractivity contribution is 0.172.